The van der Waals surface area contributed by atoms with Gasteiger partial charge in [0.25, 0.3) is 0 Å². The van der Waals surface area contributed by atoms with Crippen LogP contribution in [0.3, 0.4) is 0 Å². The molecule has 0 bridgehead atoms. The predicted octanol–water partition coefficient (Wildman–Crippen LogP) is 6.29. The fraction of sp³-hybridized carbons (Fsp3) is 0.161. The van der Waals surface area contributed by atoms with Gasteiger partial charge >= 0.3 is 0 Å². The van der Waals surface area contributed by atoms with Crippen molar-refractivity contribution in [2.24, 2.45) is 0 Å². The number of benzene rings is 2. The third kappa shape index (κ3) is 5.18. The Morgan fingerprint density at radius 1 is 1.00 bits per heavy atom. The Morgan fingerprint density at radius 2 is 1.77 bits per heavy atom. The number of pyridine rings is 3. The quantitative estimate of drug-likeness (QED) is 0.215. The maximum atomic E-state index is 15.1. The summed E-state index contributed by atoms with van der Waals surface area (Å²) in [5.74, 6) is -0.770. The Bertz CT molecular complexity index is 1800. The molecule has 2 aromatic carbocycles. The first-order chi connectivity index (χ1) is 19.3. The number of ether oxygens (including phenoxy) is 2. The highest BCUT2D eigenvalue weighted by Gasteiger charge is 2.20. The zero-order valence-electron chi connectivity index (χ0n) is 22.1. The molecule has 202 valence electrons. The topological polar surface area (TPSA) is 83.3 Å². The van der Waals surface area contributed by atoms with Crippen LogP contribution in [0.4, 0.5) is 8.78 Å². The standard InChI is InChI=1S/C31H25F2N3O4/c1-4-36-17-23(31(38)29(18(36)2)20-6-8-21(32)9-7-20)26(37)14-19-5-10-27(24(33)13-19)40-28-11-12-34-25-15-22(39-3)16-35-30(25)28/h5-13,15-17H,4,14H2,1-3H3. The monoisotopic (exact) mass is 541 g/mol. The van der Waals surface area contributed by atoms with Gasteiger partial charge in [0, 0.05) is 48.7 Å². The molecule has 0 N–H and O–H groups in total. The second-order valence-electron chi connectivity index (χ2n) is 9.14. The van der Waals surface area contributed by atoms with Crippen molar-refractivity contribution in [3.8, 4) is 28.4 Å². The molecule has 0 saturated heterocycles. The summed E-state index contributed by atoms with van der Waals surface area (Å²) >= 11 is 0. The second-order valence-corrected chi connectivity index (χ2v) is 9.14. The molecule has 3 heterocycles. The first-order valence-electron chi connectivity index (χ1n) is 12.6. The summed E-state index contributed by atoms with van der Waals surface area (Å²) in [5.41, 5.74) is 2.39. The maximum Gasteiger partial charge on any atom is 0.200 e. The Kier molecular flexibility index (Phi) is 7.37. The van der Waals surface area contributed by atoms with Gasteiger partial charge in [0.2, 0.25) is 0 Å². The van der Waals surface area contributed by atoms with E-state index in [4.69, 9.17) is 9.47 Å². The van der Waals surface area contributed by atoms with Crippen molar-refractivity contribution in [2.45, 2.75) is 26.8 Å². The van der Waals surface area contributed by atoms with E-state index in [-0.39, 0.29) is 17.7 Å². The van der Waals surface area contributed by atoms with Crippen LogP contribution in [0.15, 0.2) is 78.0 Å². The van der Waals surface area contributed by atoms with Gasteiger partial charge in [-0.25, -0.2) is 13.8 Å². The highest BCUT2D eigenvalue weighted by atomic mass is 19.1. The van der Waals surface area contributed by atoms with Gasteiger partial charge in [-0.15, -0.1) is 0 Å². The number of methoxy groups -OCH3 is 1. The third-order valence-corrected chi connectivity index (χ3v) is 6.66. The predicted molar refractivity (Wildman–Crippen MR) is 147 cm³/mol. The first kappa shape index (κ1) is 26.7. The largest absolute Gasteiger partial charge is 0.495 e. The van der Waals surface area contributed by atoms with Crippen molar-refractivity contribution in [1.29, 1.82) is 0 Å². The average Bonchev–Trinajstić information content (AvgIpc) is 2.95. The van der Waals surface area contributed by atoms with Gasteiger partial charge in [0.1, 0.15) is 17.1 Å². The summed E-state index contributed by atoms with van der Waals surface area (Å²) in [6, 6.07) is 13.0. The number of ketones is 1. The van der Waals surface area contributed by atoms with E-state index in [2.05, 4.69) is 9.97 Å². The van der Waals surface area contributed by atoms with Gasteiger partial charge in [0.05, 0.1) is 24.4 Å². The number of hydrogen-bond acceptors (Lipinski definition) is 6. The van der Waals surface area contributed by atoms with Crippen LogP contribution in [0, 0.1) is 18.6 Å². The number of Topliss-reactive ketones (excluding diaryl/α,β-unsaturated/α-hetero) is 1. The number of rotatable bonds is 8. The molecule has 0 fully saturated rings. The number of carbonyl (C=O) groups is 1. The lowest BCUT2D eigenvalue weighted by molar-refractivity contribution is 0.0991. The smallest absolute Gasteiger partial charge is 0.200 e. The number of carbonyl (C=O) groups excluding carboxylic acids is 1. The number of hydrogen-bond donors (Lipinski definition) is 0. The van der Waals surface area contributed by atoms with Crippen LogP contribution in [0.5, 0.6) is 17.2 Å². The molecule has 0 aliphatic heterocycles. The van der Waals surface area contributed by atoms with Gasteiger partial charge in [-0.2, -0.15) is 0 Å². The molecule has 40 heavy (non-hydrogen) atoms. The number of fused-ring (bicyclic) bond motifs is 1. The highest BCUT2D eigenvalue weighted by molar-refractivity contribution is 5.98. The molecule has 0 radical (unpaired) electrons. The molecule has 0 atom stereocenters. The number of nitrogens with zero attached hydrogens (tertiary/aromatic N) is 3. The van der Waals surface area contributed by atoms with Gasteiger partial charge < -0.3 is 14.0 Å². The van der Waals surface area contributed by atoms with Gasteiger partial charge in [-0.1, -0.05) is 18.2 Å². The summed E-state index contributed by atoms with van der Waals surface area (Å²) in [6.07, 6.45) is 4.37. The SMILES string of the molecule is CCn1cc(C(=O)Cc2ccc(Oc3ccnc4cc(OC)cnc34)c(F)c2)c(=O)c(-c2ccc(F)cc2)c1C. The molecule has 5 aromatic rings. The van der Waals surface area contributed by atoms with E-state index in [0.29, 0.717) is 51.5 Å². The first-order valence-corrected chi connectivity index (χ1v) is 12.6. The van der Waals surface area contributed by atoms with E-state index < -0.39 is 22.8 Å². The molecular formula is C31H25F2N3O4. The molecule has 0 saturated carbocycles. The third-order valence-electron chi connectivity index (χ3n) is 6.66. The Morgan fingerprint density at radius 3 is 2.48 bits per heavy atom. The lowest BCUT2D eigenvalue weighted by Gasteiger charge is -2.15. The molecule has 0 aliphatic carbocycles. The summed E-state index contributed by atoms with van der Waals surface area (Å²) in [5, 5.41) is 0. The van der Waals surface area contributed by atoms with Gasteiger partial charge in [-0.3, -0.25) is 14.6 Å². The minimum absolute atomic E-state index is 0.0164. The Hall–Kier alpha value is -4.92. The zero-order valence-corrected chi connectivity index (χ0v) is 22.1. The van der Waals surface area contributed by atoms with Crippen molar-refractivity contribution >= 4 is 16.8 Å². The Labute approximate surface area is 228 Å². The van der Waals surface area contributed by atoms with Crippen LogP contribution in [0.1, 0.15) is 28.5 Å². The minimum Gasteiger partial charge on any atom is -0.495 e. The van der Waals surface area contributed by atoms with E-state index in [1.54, 1.807) is 29.7 Å². The summed E-state index contributed by atoms with van der Waals surface area (Å²) in [6.45, 7) is 4.20. The van der Waals surface area contributed by atoms with Gasteiger partial charge in [-0.05, 0) is 49.2 Å². The number of aromatic nitrogens is 3. The summed E-state index contributed by atoms with van der Waals surface area (Å²) in [7, 11) is 1.52. The second kappa shape index (κ2) is 11.1. The van der Waals surface area contributed by atoms with Crippen molar-refractivity contribution in [1.82, 2.24) is 14.5 Å². The van der Waals surface area contributed by atoms with Crippen molar-refractivity contribution in [3.63, 3.8) is 0 Å². The molecule has 0 spiro atoms. The van der Waals surface area contributed by atoms with Crippen LogP contribution < -0.4 is 14.9 Å². The zero-order chi connectivity index (χ0) is 28.4. The fourth-order valence-electron chi connectivity index (χ4n) is 4.55. The van der Waals surface area contributed by atoms with Gasteiger partial charge in [0.15, 0.2) is 28.5 Å². The Balaban J connectivity index is 1.42. The van der Waals surface area contributed by atoms with E-state index in [1.807, 2.05) is 6.92 Å². The molecule has 0 aliphatic rings. The van der Waals surface area contributed by atoms with Crippen LogP contribution >= 0.6 is 0 Å². The minimum atomic E-state index is -0.675. The van der Waals surface area contributed by atoms with Crippen molar-refractivity contribution < 1.29 is 23.0 Å². The molecular weight excluding hydrogens is 516 g/mol. The van der Waals surface area contributed by atoms with E-state index in [1.165, 1.54) is 62.1 Å². The maximum absolute atomic E-state index is 15.1. The van der Waals surface area contributed by atoms with Crippen molar-refractivity contribution in [2.75, 3.05) is 7.11 Å². The van der Waals surface area contributed by atoms with Crippen LogP contribution in [0.2, 0.25) is 0 Å². The van der Waals surface area contributed by atoms with Crippen molar-refractivity contribution in [3.05, 3.63) is 112 Å². The lowest BCUT2D eigenvalue weighted by atomic mass is 9.97. The lowest BCUT2D eigenvalue weighted by Crippen LogP contribution is -2.23. The molecule has 7 nitrogen and oxygen atoms in total. The van der Waals surface area contributed by atoms with E-state index in [9.17, 15) is 14.0 Å². The number of halogens is 2. The average molecular weight is 542 g/mol. The molecule has 3 aromatic heterocycles. The van der Waals surface area contributed by atoms with Crippen LogP contribution in [-0.4, -0.2) is 27.4 Å². The highest BCUT2D eigenvalue weighted by Crippen LogP contribution is 2.31. The molecule has 9 heteroatoms. The molecule has 0 amide bonds. The fourth-order valence-corrected chi connectivity index (χ4v) is 4.55. The molecule has 0 unspecified atom stereocenters. The van der Waals surface area contributed by atoms with E-state index >= 15 is 4.39 Å². The van der Waals surface area contributed by atoms with Crippen LogP contribution in [0.25, 0.3) is 22.2 Å². The normalized spacial score (nSPS) is 11.0. The van der Waals surface area contributed by atoms with E-state index in [0.717, 1.165) is 0 Å². The number of aryl methyl sites for hydroxylation is 1. The van der Waals surface area contributed by atoms with Crippen LogP contribution in [-0.2, 0) is 13.0 Å². The summed E-state index contributed by atoms with van der Waals surface area (Å²) < 4.78 is 41.3. The molecule has 5 rings (SSSR count). The summed E-state index contributed by atoms with van der Waals surface area (Å²) in [4.78, 5) is 35.2.